The second kappa shape index (κ2) is 7.92. The van der Waals surface area contributed by atoms with E-state index in [4.69, 9.17) is 29.6 Å². The molecule has 0 aromatic heterocycles. The summed E-state index contributed by atoms with van der Waals surface area (Å²) in [5.41, 5.74) is 6.46. The molecule has 136 valence electrons. The summed E-state index contributed by atoms with van der Waals surface area (Å²) in [5.74, 6) is 0.328. The second-order valence-electron chi connectivity index (χ2n) is 7.28. The Balaban J connectivity index is 1.62. The first kappa shape index (κ1) is 18.5. The van der Waals surface area contributed by atoms with Gasteiger partial charge in [-0.2, -0.15) is 0 Å². The third-order valence-electron chi connectivity index (χ3n) is 5.92. The molecule has 1 heterocycles. The summed E-state index contributed by atoms with van der Waals surface area (Å²) >= 11 is 11.5. The summed E-state index contributed by atoms with van der Waals surface area (Å²) in [6.45, 7) is 1.55. The predicted octanol–water partition coefficient (Wildman–Crippen LogP) is 4.18. The average molecular weight is 380 g/mol. The van der Waals surface area contributed by atoms with Crippen molar-refractivity contribution in [3.8, 4) is 0 Å². The molecule has 2 fully saturated rings. The molecule has 0 unspecified atom stereocenters. The van der Waals surface area contributed by atoms with Gasteiger partial charge in [-0.3, -0.25) is 4.79 Å². The smallest absolute Gasteiger partial charge is 0.224 e. The number of rotatable bonds is 3. The van der Waals surface area contributed by atoms with E-state index in [0.717, 1.165) is 44.5 Å². The van der Waals surface area contributed by atoms with Gasteiger partial charge in [-0.15, -0.1) is 0 Å². The van der Waals surface area contributed by atoms with Crippen molar-refractivity contribution in [1.29, 1.82) is 0 Å². The van der Waals surface area contributed by atoms with Crippen LogP contribution in [0.5, 0.6) is 0 Å². The minimum Gasteiger partial charge on any atom is -0.369 e. The monoisotopic (exact) mass is 379 g/mol. The number of likely N-dealkylation sites (tertiary alicyclic amines) is 1. The first-order valence-corrected chi connectivity index (χ1v) is 9.91. The highest BCUT2D eigenvalue weighted by Crippen LogP contribution is 2.45. The molecular formula is C19H26ClN3OS. The van der Waals surface area contributed by atoms with Crippen LogP contribution < -0.4 is 11.1 Å². The molecule has 1 aliphatic carbocycles. The van der Waals surface area contributed by atoms with Crippen molar-refractivity contribution in [1.82, 2.24) is 4.90 Å². The van der Waals surface area contributed by atoms with E-state index in [9.17, 15) is 4.79 Å². The summed E-state index contributed by atoms with van der Waals surface area (Å²) in [6.07, 6.45) is 7.60. The Morgan fingerprint density at radius 1 is 1.16 bits per heavy atom. The van der Waals surface area contributed by atoms with Crippen LogP contribution in [0.15, 0.2) is 24.3 Å². The first-order chi connectivity index (χ1) is 12.0. The van der Waals surface area contributed by atoms with Crippen molar-refractivity contribution in [2.24, 2.45) is 17.1 Å². The van der Waals surface area contributed by atoms with Crippen molar-refractivity contribution in [2.75, 3.05) is 18.4 Å². The van der Waals surface area contributed by atoms with Crippen molar-refractivity contribution in [2.45, 2.75) is 44.9 Å². The van der Waals surface area contributed by atoms with Crippen molar-refractivity contribution < 1.29 is 4.79 Å². The third-order valence-corrected chi connectivity index (χ3v) is 6.53. The van der Waals surface area contributed by atoms with Gasteiger partial charge >= 0.3 is 0 Å². The number of thiocarbonyl (C=S) groups is 1. The number of nitrogens with zero attached hydrogens (tertiary/aromatic N) is 1. The van der Waals surface area contributed by atoms with E-state index in [-0.39, 0.29) is 11.3 Å². The van der Waals surface area contributed by atoms with Crippen molar-refractivity contribution >= 4 is 40.5 Å². The Labute approximate surface area is 160 Å². The fourth-order valence-electron chi connectivity index (χ4n) is 4.36. The number of carbonyl (C=O) groups excluding carboxylic acids is 1. The van der Waals surface area contributed by atoms with E-state index in [1.165, 1.54) is 19.3 Å². The van der Waals surface area contributed by atoms with Gasteiger partial charge in [0.25, 0.3) is 0 Å². The summed E-state index contributed by atoms with van der Waals surface area (Å²) in [6, 6.07) is 7.50. The van der Waals surface area contributed by atoms with E-state index in [0.29, 0.717) is 16.1 Å². The second-order valence-corrected chi connectivity index (χ2v) is 8.10. The van der Waals surface area contributed by atoms with Gasteiger partial charge in [-0.05, 0) is 68.1 Å². The van der Waals surface area contributed by atoms with Crippen LogP contribution >= 0.6 is 23.8 Å². The molecule has 1 saturated heterocycles. The maximum atomic E-state index is 12.3. The number of halogens is 1. The number of piperidine rings is 1. The molecule has 4 nitrogen and oxygen atoms in total. The fraction of sp³-hybridized carbons (Fsp3) is 0.579. The van der Waals surface area contributed by atoms with Gasteiger partial charge in [0.05, 0.1) is 5.41 Å². The normalized spacial score (nSPS) is 20.9. The Morgan fingerprint density at radius 2 is 1.76 bits per heavy atom. The lowest BCUT2D eigenvalue weighted by molar-refractivity contribution is -0.135. The van der Waals surface area contributed by atoms with E-state index < -0.39 is 0 Å². The number of benzene rings is 1. The zero-order chi connectivity index (χ0) is 17.9. The summed E-state index contributed by atoms with van der Waals surface area (Å²) < 4.78 is 0. The molecule has 2 aliphatic rings. The number of nitrogens with one attached hydrogen (secondary N) is 1. The van der Waals surface area contributed by atoms with Crippen LogP contribution in [0.25, 0.3) is 0 Å². The maximum absolute atomic E-state index is 12.3. The number of anilines is 1. The Kier molecular flexibility index (Phi) is 5.85. The fourth-order valence-corrected chi connectivity index (χ4v) is 4.78. The largest absolute Gasteiger partial charge is 0.369 e. The molecule has 0 radical (unpaired) electrons. The molecule has 0 atom stereocenters. The lowest BCUT2D eigenvalue weighted by atomic mass is 9.63. The number of hydrogen-bond acceptors (Lipinski definition) is 2. The van der Waals surface area contributed by atoms with Crippen LogP contribution in [0.2, 0.25) is 5.02 Å². The van der Waals surface area contributed by atoms with Gasteiger partial charge in [-0.25, -0.2) is 0 Å². The molecule has 6 heteroatoms. The molecule has 0 spiro atoms. The highest BCUT2D eigenvalue weighted by molar-refractivity contribution is 7.80. The molecule has 1 saturated carbocycles. The van der Waals surface area contributed by atoms with Crippen LogP contribution in [0.4, 0.5) is 5.69 Å². The van der Waals surface area contributed by atoms with Crippen molar-refractivity contribution in [3.05, 3.63) is 29.3 Å². The Hall–Kier alpha value is -1.33. The first-order valence-electron chi connectivity index (χ1n) is 9.13. The Bertz CT molecular complexity index is 620. The summed E-state index contributed by atoms with van der Waals surface area (Å²) in [4.78, 5) is 14.5. The standard InChI is InChI=1S/C19H26ClN3OS/c20-15-6-8-16(9-7-15)22-18(25)23-12-10-19(11-13-23,17(21)24)14-4-2-1-3-5-14/h6-9,14H,1-5,10-13H2,(H2,21,24)(H,22,25). The Morgan fingerprint density at radius 3 is 2.32 bits per heavy atom. The van der Waals surface area contributed by atoms with E-state index in [2.05, 4.69) is 10.2 Å². The molecule has 25 heavy (non-hydrogen) atoms. The third kappa shape index (κ3) is 4.09. The van der Waals surface area contributed by atoms with Crippen LogP contribution in [-0.2, 0) is 4.79 Å². The average Bonchev–Trinajstić information content (AvgIpc) is 2.64. The quantitative estimate of drug-likeness (QED) is 0.773. The van der Waals surface area contributed by atoms with Crippen LogP contribution in [-0.4, -0.2) is 29.0 Å². The lowest BCUT2D eigenvalue weighted by Crippen LogP contribution is -2.53. The van der Waals surface area contributed by atoms with Crippen LogP contribution in [0.1, 0.15) is 44.9 Å². The number of carbonyl (C=O) groups is 1. The van der Waals surface area contributed by atoms with Crippen LogP contribution in [0, 0.1) is 11.3 Å². The predicted molar refractivity (Wildman–Crippen MR) is 107 cm³/mol. The SMILES string of the molecule is NC(=O)C1(C2CCCCC2)CCN(C(=S)Nc2ccc(Cl)cc2)CC1. The molecule has 3 N–H and O–H groups in total. The number of amides is 1. The van der Waals surface area contributed by atoms with Gasteiger partial charge < -0.3 is 16.0 Å². The molecule has 1 aromatic carbocycles. The zero-order valence-electron chi connectivity index (χ0n) is 14.5. The topological polar surface area (TPSA) is 58.4 Å². The van der Waals surface area contributed by atoms with E-state index in [1.54, 1.807) is 0 Å². The maximum Gasteiger partial charge on any atom is 0.224 e. The number of primary amides is 1. The molecule has 1 amide bonds. The molecule has 1 aliphatic heterocycles. The minimum absolute atomic E-state index is 0.115. The van der Waals surface area contributed by atoms with Gasteiger partial charge in [-0.1, -0.05) is 30.9 Å². The van der Waals surface area contributed by atoms with Gasteiger partial charge in [0.2, 0.25) is 5.91 Å². The molecular weight excluding hydrogens is 354 g/mol. The highest BCUT2D eigenvalue weighted by Gasteiger charge is 2.46. The molecule has 1 aromatic rings. The van der Waals surface area contributed by atoms with E-state index >= 15 is 0 Å². The summed E-state index contributed by atoms with van der Waals surface area (Å²) in [7, 11) is 0. The van der Waals surface area contributed by atoms with Gasteiger partial charge in [0.15, 0.2) is 5.11 Å². The minimum atomic E-state index is -0.340. The zero-order valence-corrected chi connectivity index (χ0v) is 16.0. The summed E-state index contributed by atoms with van der Waals surface area (Å²) in [5, 5.41) is 4.66. The van der Waals surface area contributed by atoms with E-state index in [1.807, 2.05) is 24.3 Å². The van der Waals surface area contributed by atoms with Crippen LogP contribution in [0.3, 0.4) is 0 Å². The molecule has 3 rings (SSSR count). The molecule has 0 bridgehead atoms. The van der Waals surface area contributed by atoms with Crippen molar-refractivity contribution in [3.63, 3.8) is 0 Å². The van der Waals surface area contributed by atoms with Gasteiger partial charge in [0.1, 0.15) is 0 Å². The highest BCUT2D eigenvalue weighted by atomic mass is 35.5. The lowest BCUT2D eigenvalue weighted by Gasteiger charge is -2.46. The number of hydrogen-bond donors (Lipinski definition) is 2. The number of nitrogens with two attached hydrogens (primary N) is 1. The van der Waals surface area contributed by atoms with Gasteiger partial charge in [0, 0.05) is 23.8 Å².